The molecule has 1 atom stereocenters. The summed E-state index contributed by atoms with van der Waals surface area (Å²) in [5.41, 5.74) is 0.972. The number of hydrogen-bond donors (Lipinski definition) is 2. The van der Waals surface area contributed by atoms with Crippen molar-refractivity contribution in [2.45, 2.75) is 26.4 Å². The van der Waals surface area contributed by atoms with E-state index >= 15 is 0 Å². The lowest BCUT2D eigenvalue weighted by Crippen LogP contribution is -2.39. The van der Waals surface area contributed by atoms with Crippen molar-refractivity contribution in [2.75, 3.05) is 13.2 Å². The van der Waals surface area contributed by atoms with Gasteiger partial charge in [-0.1, -0.05) is 37.6 Å². The van der Waals surface area contributed by atoms with Gasteiger partial charge in [0.2, 0.25) is 0 Å². The first-order valence-corrected chi connectivity index (χ1v) is 8.32. The summed E-state index contributed by atoms with van der Waals surface area (Å²) in [7, 11) is 0. The zero-order valence-electron chi connectivity index (χ0n) is 13.9. The first-order valence-electron chi connectivity index (χ1n) is 7.94. The average Bonchev–Trinajstić information content (AvgIpc) is 3.07. The first kappa shape index (κ1) is 18.4. The molecule has 130 valence electrons. The van der Waals surface area contributed by atoms with Crippen LogP contribution in [0.2, 0.25) is 5.02 Å². The molecule has 2 amide bonds. The molecule has 0 bridgehead atoms. The maximum absolute atomic E-state index is 12.1. The second-order valence-electron chi connectivity index (χ2n) is 5.95. The standard InChI is InChI=1S/C18H23ClN2O3/c1-13(2)11-23-12-16(17-4-3-9-24-17)21-18(22)20-10-14-5-7-15(19)8-6-14/h3-9,13,16H,10-12H2,1-2H3,(H2,20,21,22). The quantitative estimate of drug-likeness (QED) is 0.751. The number of carbonyl (C=O) groups excluding carboxylic acids is 1. The second kappa shape index (κ2) is 9.35. The molecule has 2 N–H and O–H groups in total. The van der Waals surface area contributed by atoms with Crippen LogP contribution in [0.5, 0.6) is 0 Å². The van der Waals surface area contributed by atoms with E-state index in [-0.39, 0.29) is 12.1 Å². The van der Waals surface area contributed by atoms with E-state index in [0.29, 0.717) is 36.5 Å². The highest BCUT2D eigenvalue weighted by molar-refractivity contribution is 6.30. The molecule has 0 aliphatic heterocycles. The molecular formula is C18H23ClN2O3. The normalized spacial score (nSPS) is 12.2. The molecule has 0 aliphatic carbocycles. The highest BCUT2D eigenvalue weighted by Crippen LogP contribution is 2.14. The van der Waals surface area contributed by atoms with Gasteiger partial charge in [-0.25, -0.2) is 4.79 Å². The van der Waals surface area contributed by atoms with Crippen molar-refractivity contribution in [1.82, 2.24) is 10.6 Å². The van der Waals surface area contributed by atoms with Crippen LogP contribution in [0.15, 0.2) is 47.1 Å². The molecule has 0 spiro atoms. The van der Waals surface area contributed by atoms with Gasteiger partial charge >= 0.3 is 6.03 Å². The minimum absolute atomic E-state index is 0.278. The number of halogens is 1. The monoisotopic (exact) mass is 350 g/mol. The Morgan fingerprint density at radius 2 is 1.96 bits per heavy atom. The van der Waals surface area contributed by atoms with Crippen molar-refractivity contribution in [3.05, 3.63) is 59.0 Å². The van der Waals surface area contributed by atoms with Gasteiger partial charge in [0.15, 0.2) is 0 Å². The summed E-state index contributed by atoms with van der Waals surface area (Å²) in [6.45, 7) is 5.56. The van der Waals surface area contributed by atoms with E-state index in [1.807, 2.05) is 18.2 Å². The largest absolute Gasteiger partial charge is 0.467 e. The first-order chi connectivity index (χ1) is 11.5. The third-order valence-corrected chi connectivity index (χ3v) is 3.55. The van der Waals surface area contributed by atoms with Gasteiger partial charge in [0, 0.05) is 18.2 Å². The molecule has 6 heteroatoms. The zero-order chi connectivity index (χ0) is 17.4. The van der Waals surface area contributed by atoms with Crippen LogP contribution in [0.4, 0.5) is 4.79 Å². The molecule has 0 saturated carbocycles. The Morgan fingerprint density at radius 3 is 2.58 bits per heavy atom. The molecule has 1 unspecified atom stereocenters. The van der Waals surface area contributed by atoms with Crippen LogP contribution < -0.4 is 10.6 Å². The van der Waals surface area contributed by atoms with Gasteiger partial charge in [0.05, 0.1) is 12.9 Å². The van der Waals surface area contributed by atoms with E-state index < -0.39 is 0 Å². The Hall–Kier alpha value is -1.98. The number of rotatable bonds is 8. The summed E-state index contributed by atoms with van der Waals surface area (Å²) in [4.78, 5) is 12.1. The summed E-state index contributed by atoms with van der Waals surface area (Å²) >= 11 is 5.85. The highest BCUT2D eigenvalue weighted by Gasteiger charge is 2.17. The summed E-state index contributed by atoms with van der Waals surface area (Å²) in [6, 6.07) is 10.3. The SMILES string of the molecule is CC(C)COCC(NC(=O)NCc1ccc(Cl)cc1)c1ccco1. The molecule has 1 aromatic carbocycles. The van der Waals surface area contributed by atoms with Crippen LogP contribution in [0.1, 0.15) is 31.2 Å². The number of amides is 2. The smallest absolute Gasteiger partial charge is 0.315 e. The minimum atomic E-state index is -0.330. The minimum Gasteiger partial charge on any atom is -0.467 e. The Kier molecular flexibility index (Phi) is 7.15. The summed E-state index contributed by atoms with van der Waals surface area (Å²) in [5.74, 6) is 1.10. The number of furan rings is 1. The summed E-state index contributed by atoms with van der Waals surface area (Å²) in [6.07, 6.45) is 1.58. The predicted molar refractivity (Wildman–Crippen MR) is 93.9 cm³/mol. The summed E-state index contributed by atoms with van der Waals surface area (Å²) < 4.78 is 11.0. The zero-order valence-corrected chi connectivity index (χ0v) is 14.7. The Morgan fingerprint density at radius 1 is 1.21 bits per heavy atom. The molecule has 0 saturated heterocycles. The molecule has 24 heavy (non-hydrogen) atoms. The molecular weight excluding hydrogens is 328 g/mol. The van der Waals surface area contributed by atoms with Gasteiger partial charge in [0.1, 0.15) is 11.8 Å². The van der Waals surface area contributed by atoms with E-state index in [0.717, 1.165) is 5.56 Å². The van der Waals surface area contributed by atoms with E-state index in [4.69, 9.17) is 20.8 Å². The van der Waals surface area contributed by atoms with E-state index in [1.165, 1.54) is 0 Å². The number of nitrogens with one attached hydrogen (secondary N) is 2. The number of urea groups is 1. The topological polar surface area (TPSA) is 63.5 Å². The van der Waals surface area contributed by atoms with Crippen molar-refractivity contribution < 1.29 is 13.9 Å². The van der Waals surface area contributed by atoms with Crippen LogP contribution in [0.25, 0.3) is 0 Å². The third kappa shape index (κ3) is 6.26. The Labute approximate surface area is 147 Å². The second-order valence-corrected chi connectivity index (χ2v) is 6.39. The molecule has 2 aromatic rings. The van der Waals surface area contributed by atoms with Crippen molar-refractivity contribution in [1.29, 1.82) is 0 Å². The van der Waals surface area contributed by atoms with E-state index in [9.17, 15) is 4.79 Å². The van der Waals surface area contributed by atoms with Gasteiger partial charge in [-0.15, -0.1) is 0 Å². The fraction of sp³-hybridized carbons (Fsp3) is 0.389. The van der Waals surface area contributed by atoms with Gasteiger partial charge in [-0.3, -0.25) is 0 Å². The maximum atomic E-state index is 12.1. The van der Waals surface area contributed by atoms with Crippen molar-refractivity contribution in [3.8, 4) is 0 Å². The molecule has 2 rings (SSSR count). The van der Waals surface area contributed by atoms with Gasteiger partial charge in [-0.05, 0) is 35.7 Å². The highest BCUT2D eigenvalue weighted by atomic mass is 35.5. The van der Waals surface area contributed by atoms with Crippen molar-refractivity contribution in [3.63, 3.8) is 0 Å². The molecule has 0 fully saturated rings. The van der Waals surface area contributed by atoms with Gasteiger partial charge < -0.3 is 19.8 Å². The Balaban J connectivity index is 1.85. The van der Waals surface area contributed by atoms with Crippen molar-refractivity contribution in [2.24, 2.45) is 5.92 Å². The van der Waals surface area contributed by atoms with E-state index in [1.54, 1.807) is 24.5 Å². The summed E-state index contributed by atoms with van der Waals surface area (Å²) in [5, 5.41) is 6.37. The van der Waals surface area contributed by atoms with Crippen LogP contribution in [-0.2, 0) is 11.3 Å². The molecule has 0 aliphatic rings. The molecule has 0 radical (unpaired) electrons. The molecule has 5 nitrogen and oxygen atoms in total. The number of carbonyl (C=O) groups is 1. The van der Waals surface area contributed by atoms with Gasteiger partial charge in [-0.2, -0.15) is 0 Å². The molecule has 1 heterocycles. The number of hydrogen-bond acceptors (Lipinski definition) is 3. The Bertz CT molecular complexity index is 612. The van der Waals surface area contributed by atoms with Crippen LogP contribution in [0.3, 0.4) is 0 Å². The lowest BCUT2D eigenvalue weighted by molar-refractivity contribution is 0.0868. The van der Waals surface area contributed by atoms with Crippen LogP contribution in [-0.4, -0.2) is 19.2 Å². The van der Waals surface area contributed by atoms with Crippen LogP contribution >= 0.6 is 11.6 Å². The average molecular weight is 351 g/mol. The number of ether oxygens (including phenoxy) is 1. The fourth-order valence-electron chi connectivity index (χ4n) is 2.10. The lowest BCUT2D eigenvalue weighted by atomic mass is 10.2. The third-order valence-electron chi connectivity index (χ3n) is 3.29. The lowest BCUT2D eigenvalue weighted by Gasteiger charge is -2.18. The van der Waals surface area contributed by atoms with E-state index in [2.05, 4.69) is 24.5 Å². The van der Waals surface area contributed by atoms with Crippen LogP contribution in [0, 0.1) is 5.92 Å². The van der Waals surface area contributed by atoms with Crippen molar-refractivity contribution >= 4 is 17.6 Å². The molecule has 1 aromatic heterocycles. The predicted octanol–water partition coefficient (Wildman–Crippen LogP) is 4.15. The fourth-order valence-corrected chi connectivity index (χ4v) is 2.23. The maximum Gasteiger partial charge on any atom is 0.315 e. The number of benzene rings is 1. The van der Waals surface area contributed by atoms with Gasteiger partial charge in [0.25, 0.3) is 0 Å².